The van der Waals surface area contributed by atoms with Crippen LogP contribution in [0.3, 0.4) is 0 Å². The molecule has 0 heterocycles. The van der Waals surface area contributed by atoms with Crippen molar-refractivity contribution < 1.29 is 9.53 Å². The molecule has 0 aromatic heterocycles. The molecule has 27 heavy (non-hydrogen) atoms. The highest BCUT2D eigenvalue weighted by molar-refractivity contribution is 5.76. The van der Waals surface area contributed by atoms with Crippen molar-refractivity contribution in [3.05, 3.63) is 64.7 Å². The Balaban J connectivity index is 1.93. The van der Waals surface area contributed by atoms with Crippen LogP contribution in [-0.2, 0) is 4.79 Å². The molecule has 1 N–H and O–H groups in total. The number of benzene rings is 2. The van der Waals surface area contributed by atoms with E-state index >= 15 is 0 Å². The lowest BCUT2D eigenvalue weighted by Crippen LogP contribution is -2.32. The van der Waals surface area contributed by atoms with Crippen molar-refractivity contribution in [1.29, 1.82) is 0 Å². The molecule has 146 valence electrons. The van der Waals surface area contributed by atoms with Gasteiger partial charge in [-0.3, -0.25) is 4.79 Å². The van der Waals surface area contributed by atoms with Crippen LogP contribution in [0.15, 0.2) is 42.5 Å². The number of amides is 1. The number of carbonyl (C=O) groups excluding carboxylic acids is 1. The van der Waals surface area contributed by atoms with Crippen LogP contribution in [0.4, 0.5) is 0 Å². The Hall–Kier alpha value is -2.29. The number of rotatable bonds is 8. The molecule has 2 rings (SSSR count). The average molecular weight is 368 g/mol. The number of carbonyl (C=O) groups is 1. The normalized spacial score (nSPS) is 12.3. The minimum atomic E-state index is 0.0134. The van der Waals surface area contributed by atoms with Gasteiger partial charge in [0.2, 0.25) is 5.91 Å². The minimum Gasteiger partial charge on any atom is -0.493 e. The van der Waals surface area contributed by atoms with Gasteiger partial charge in [0.1, 0.15) is 5.75 Å². The molecule has 0 aliphatic carbocycles. The standard InChI is InChI=1S/C24H33NO2/c1-16(2)20-9-11-21(12-10-20)24(17(3)4)25-23(26)13-14-27-22-15-18(5)7-8-19(22)6/h7-12,15-17,24H,13-14H2,1-6H3,(H,25,26)/t24-/m0/s1. The quantitative estimate of drug-likeness (QED) is 0.649. The van der Waals surface area contributed by atoms with E-state index in [0.29, 0.717) is 24.9 Å². The van der Waals surface area contributed by atoms with Crippen LogP contribution in [0.2, 0.25) is 0 Å². The Morgan fingerprint density at radius 1 is 0.963 bits per heavy atom. The van der Waals surface area contributed by atoms with E-state index in [1.54, 1.807) is 0 Å². The van der Waals surface area contributed by atoms with Crippen LogP contribution < -0.4 is 10.1 Å². The number of hydrogen-bond donors (Lipinski definition) is 1. The third-order valence-corrected chi connectivity index (χ3v) is 4.88. The van der Waals surface area contributed by atoms with E-state index in [0.717, 1.165) is 22.4 Å². The van der Waals surface area contributed by atoms with Gasteiger partial charge in [0.15, 0.2) is 0 Å². The zero-order chi connectivity index (χ0) is 20.0. The topological polar surface area (TPSA) is 38.3 Å². The molecule has 0 saturated heterocycles. The Kier molecular flexibility index (Phi) is 7.46. The van der Waals surface area contributed by atoms with Gasteiger partial charge < -0.3 is 10.1 Å². The molecule has 3 nitrogen and oxygen atoms in total. The molecular weight excluding hydrogens is 334 g/mol. The van der Waals surface area contributed by atoms with Gasteiger partial charge in [-0.2, -0.15) is 0 Å². The van der Waals surface area contributed by atoms with Gasteiger partial charge in [0, 0.05) is 0 Å². The van der Waals surface area contributed by atoms with E-state index in [2.05, 4.69) is 63.3 Å². The van der Waals surface area contributed by atoms with Gasteiger partial charge in [-0.05, 0) is 54.0 Å². The fourth-order valence-electron chi connectivity index (χ4n) is 3.09. The highest BCUT2D eigenvalue weighted by Gasteiger charge is 2.18. The molecule has 3 heteroatoms. The van der Waals surface area contributed by atoms with Crippen molar-refractivity contribution in [3.8, 4) is 5.75 Å². The SMILES string of the molecule is Cc1ccc(C)c(OCCC(=O)N[C@H](c2ccc(C(C)C)cc2)C(C)C)c1. The van der Waals surface area contributed by atoms with Crippen LogP contribution in [0, 0.1) is 19.8 Å². The van der Waals surface area contributed by atoms with E-state index in [9.17, 15) is 4.79 Å². The second-order valence-corrected chi connectivity index (χ2v) is 7.98. The number of hydrogen-bond acceptors (Lipinski definition) is 2. The third kappa shape index (κ3) is 6.13. The predicted molar refractivity (Wildman–Crippen MR) is 112 cm³/mol. The van der Waals surface area contributed by atoms with Crippen molar-refractivity contribution in [3.63, 3.8) is 0 Å². The van der Waals surface area contributed by atoms with Gasteiger partial charge >= 0.3 is 0 Å². The van der Waals surface area contributed by atoms with Crippen molar-refractivity contribution in [2.75, 3.05) is 6.61 Å². The Labute approximate surface area is 164 Å². The van der Waals surface area contributed by atoms with Crippen LogP contribution >= 0.6 is 0 Å². The molecule has 0 spiro atoms. The zero-order valence-electron chi connectivity index (χ0n) is 17.5. The summed E-state index contributed by atoms with van der Waals surface area (Å²) in [5.74, 6) is 1.70. The van der Waals surface area contributed by atoms with Crippen molar-refractivity contribution in [2.45, 2.75) is 59.9 Å². The highest BCUT2D eigenvalue weighted by atomic mass is 16.5. The molecule has 0 aliphatic heterocycles. The van der Waals surface area contributed by atoms with Gasteiger partial charge in [-0.15, -0.1) is 0 Å². The first-order valence-corrected chi connectivity index (χ1v) is 9.87. The monoisotopic (exact) mass is 367 g/mol. The van der Waals surface area contributed by atoms with Crippen LogP contribution in [0.5, 0.6) is 5.75 Å². The van der Waals surface area contributed by atoms with Gasteiger partial charge in [0.25, 0.3) is 0 Å². The molecule has 2 aromatic carbocycles. The Morgan fingerprint density at radius 3 is 2.19 bits per heavy atom. The van der Waals surface area contributed by atoms with E-state index in [1.807, 2.05) is 26.0 Å². The summed E-state index contributed by atoms with van der Waals surface area (Å²) < 4.78 is 5.82. The maximum Gasteiger partial charge on any atom is 0.223 e. The second-order valence-electron chi connectivity index (χ2n) is 7.98. The zero-order valence-corrected chi connectivity index (χ0v) is 17.5. The number of nitrogens with one attached hydrogen (secondary N) is 1. The van der Waals surface area contributed by atoms with Gasteiger partial charge in [-0.25, -0.2) is 0 Å². The Bertz CT molecular complexity index is 747. The fourth-order valence-corrected chi connectivity index (χ4v) is 3.09. The van der Waals surface area contributed by atoms with Crippen molar-refractivity contribution in [1.82, 2.24) is 5.32 Å². The summed E-state index contributed by atoms with van der Waals surface area (Å²) in [5, 5.41) is 3.17. The molecular formula is C24H33NO2. The van der Waals surface area contributed by atoms with E-state index in [1.165, 1.54) is 5.56 Å². The van der Waals surface area contributed by atoms with Crippen molar-refractivity contribution >= 4 is 5.91 Å². The second kappa shape index (κ2) is 9.59. The molecule has 1 amide bonds. The number of ether oxygens (including phenoxy) is 1. The highest BCUT2D eigenvalue weighted by Crippen LogP contribution is 2.24. The lowest BCUT2D eigenvalue weighted by Gasteiger charge is -2.23. The summed E-state index contributed by atoms with van der Waals surface area (Å²) in [5.41, 5.74) is 4.71. The van der Waals surface area contributed by atoms with Crippen LogP contribution in [0.25, 0.3) is 0 Å². The smallest absolute Gasteiger partial charge is 0.223 e. The molecule has 0 radical (unpaired) electrons. The summed E-state index contributed by atoms with van der Waals surface area (Å²) in [6.07, 6.45) is 0.348. The van der Waals surface area contributed by atoms with E-state index in [4.69, 9.17) is 4.74 Å². The summed E-state index contributed by atoms with van der Waals surface area (Å²) in [7, 11) is 0. The Morgan fingerprint density at radius 2 is 1.59 bits per heavy atom. The van der Waals surface area contributed by atoms with Crippen molar-refractivity contribution in [2.24, 2.45) is 5.92 Å². The maximum absolute atomic E-state index is 12.5. The molecule has 0 saturated carbocycles. The molecule has 1 atom stereocenters. The molecule has 0 aliphatic rings. The number of aryl methyl sites for hydroxylation is 2. The fraction of sp³-hybridized carbons (Fsp3) is 0.458. The van der Waals surface area contributed by atoms with Gasteiger partial charge in [-0.1, -0.05) is 64.1 Å². The maximum atomic E-state index is 12.5. The first kappa shape index (κ1) is 21.0. The summed E-state index contributed by atoms with van der Waals surface area (Å²) in [6.45, 7) is 13.1. The summed E-state index contributed by atoms with van der Waals surface area (Å²) >= 11 is 0. The average Bonchev–Trinajstić information content (AvgIpc) is 2.62. The van der Waals surface area contributed by atoms with Crippen LogP contribution in [-0.4, -0.2) is 12.5 Å². The first-order valence-electron chi connectivity index (χ1n) is 9.87. The van der Waals surface area contributed by atoms with E-state index < -0.39 is 0 Å². The minimum absolute atomic E-state index is 0.0134. The molecule has 0 fully saturated rings. The molecule has 2 aromatic rings. The lowest BCUT2D eigenvalue weighted by atomic mass is 9.93. The third-order valence-electron chi connectivity index (χ3n) is 4.88. The predicted octanol–water partition coefficient (Wildman–Crippen LogP) is 5.71. The molecule has 0 bridgehead atoms. The summed E-state index contributed by atoms with van der Waals surface area (Å²) in [6, 6.07) is 14.7. The summed E-state index contributed by atoms with van der Waals surface area (Å²) in [4.78, 5) is 12.5. The van der Waals surface area contributed by atoms with Crippen LogP contribution in [0.1, 0.15) is 68.3 Å². The first-order chi connectivity index (χ1) is 12.8. The largest absolute Gasteiger partial charge is 0.493 e. The molecule has 0 unspecified atom stereocenters. The van der Waals surface area contributed by atoms with E-state index in [-0.39, 0.29) is 11.9 Å². The lowest BCUT2D eigenvalue weighted by molar-refractivity contribution is -0.122. The van der Waals surface area contributed by atoms with Gasteiger partial charge in [0.05, 0.1) is 19.1 Å².